The number of carbonyl (C=O) groups excluding carboxylic acids is 1. The van der Waals surface area contributed by atoms with Crippen LogP contribution in [0, 0.1) is 0 Å². The van der Waals surface area contributed by atoms with E-state index in [0.29, 0.717) is 12.0 Å². The van der Waals surface area contributed by atoms with Crippen molar-refractivity contribution < 1.29 is 4.79 Å². The zero-order valence-electron chi connectivity index (χ0n) is 10.7. The van der Waals surface area contributed by atoms with Gasteiger partial charge in [0, 0.05) is 18.1 Å². The van der Waals surface area contributed by atoms with E-state index >= 15 is 0 Å². The number of amides is 1. The number of hydrogen-bond acceptors (Lipinski definition) is 2. The second kappa shape index (κ2) is 5.72. The van der Waals surface area contributed by atoms with Gasteiger partial charge in [-0.25, -0.2) is 0 Å². The quantitative estimate of drug-likeness (QED) is 0.878. The maximum absolute atomic E-state index is 11.4. The third-order valence-electron chi connectivity index (χ3n) is 3.60. The van der Waals surface area contributed by atoms with Gasteiger partial charge in [0.05, 0.1) is 6.04 Å². The van der Waals surface area contributed by atoms with Gasteiger partial charge in [-0.15, -0.1) is 0 Å². The lowest BCUT2D eigenvalue weighted by Crippen LogP contribution is -2.50. The maximum Gasteiger partial charge on any atom is 0.236 e. The molecule has 1 saturated carbocycles. The average molecular weight is 267 g/mol. The highest BCUT2D eigenvalue weighted by Crippen LogP contribution is 2.37. The zero-order valence-corrected chi connectivity index (χ0v) is 11.5. The van der Waals surface area contributed by atoms with Gasteiger partial charge in [0.25, 0.3) is 0 Å². The third kappa shape index (κ3) is 3.03. The lowest BCUT2D eigenvalue weighted by molar-refractivity contribution is -0.122. The monoisotopic (exact) mass is 266 g/mol. The van der Waals surface area contributed by atoms with Crippen LogP contribution in [-0.4, -0.2) is 25.0 Å². The summed E-state index contributed by atoms with van der Waals surface area (Å²) < 4.78 is 0. The molecule has 18 heavy (non-hydrogen) atoms. The van der Waals surface area contributed by atoms with Crippen molar-refractivity contribution in [1.82, 2.24) is 10.6 Å². The number of hydrogen-bond donors (Lipinski definition) is 2. The van der Waals surface area contributed by atoms with Crippen LogP contribution in [0.3, 0.4) is 0 Å². The zero-order chi connectivity index (χ0) is 13.1. The highest BCUT2D eigenvalue weighted by Gasteiger charge is 2.31. The Morgan fingerprint density at radius 1 is 1.33 bits per heavy atom. The summed E-state index contributed by atoms with van der Waals surface area (Å²) in [6, 6.07) is 8.37. The SMILES string of the molecule is CNC(=O)C(C)NC1CC(c2ccc(Cl)cc2)C1. The summed E-state index contributed by atoms with van der Waals surface area (Å²) in [5.41, 5.74) is 1.34. The van der Waals surface area contributed by atoms with Gasteiger partial charge in [0.15, 0.2) is 0 Å². The minimum atomic E-state index is -0.119. The summed E-state index contributed by atoms with van der Waals surface area (Å²) in [5, 5.41) is 6.77. The van der Waals surface area contributed by atoms with Crippen molar-refractivity contribution >= 4 is 17.5 Å². The molecule has 1 fully saturated rings. The molecule has 1 unspecified atom stereocenters. The molecule has 1 aliphatic carbocycles. The Bertz CT molecular complexity index is 412. The van der Waals surface area contributed by atoms with Crippen LogP contribution in [-0.2, 0) is 4.79 Å². The summed E-state index contributed by atoms with van der Waals surface area (Å²) in [5.74, 6) is 0.640. The highest BCUT2D eigenvalue weighted by atomic mass is 35.5. The van der Waals surface area contributed by atoms with Gasteiger partial charge >= 0.3 is 0 Å². The average Bonchev–Trinajstić information content (AvgIpc) is 2.33. The van der Waals surface area contributed by atoms with Crippen molar-refractivity contribution in [3.05, 3.63) is 34.9 Å². The van der Waals surface area contributed by atoms with Crippen LogP contribution >= 0.6 is 11.6 Å². The molecule has 2 N–H and O–H groups in total. The van der Waals surface area contributed by atoms with Crippen molar-refractivity contribution in [2.45, 2.75) is 37.8 Å². The van der Waals surface area contributed by atoms with Gasteiger partial charge in [-0.3, -0.25) is 4.79 Å². The minimum absolute atomic E-state index is 0.0462. The van der Waals surface area contributed by atoms with Crippen LogP contribution in [0.4, 0.5) is 0 Å². The molecule has 4 heteroatoms. The number of likely N-dealkylation sites (N-methyl/N-ethyl adjacent to an activating group) is 1. The topological polar surface area (TPSA) is 41.1 Å². The summed E-state index contributed by atoms with van der Waals surface area (Å²) in [6.45, 7) is 1.90. The summed E-state index contributed by atoms with van der Waals surface area (Å²) >= 11 is 5.87. The molecule has 1 amide bonds. The Labute approximate surface area is 113 Å². The Morgan fingerprint density at radius 2 is 1.94 bits per heavy atom. The molecule has 0 aliphatic heterocycles. The molecule has 1 aliphatic rings. The predicted octanol–water partition coefficient (Wildman–Crippen LogP) is 2.31. The van der Waals surface area contributed by atoms with Gasteiger partial charge in [0.2, 0.25) is 5.91 Å². The first-order valence-electron chi connectivity index (χ1n) is 6.33. The van der Waals surface area contributed by atoms with Crippen molar-refractivity contribution in [2.24, 2.45) is 0 Å². The fourth-order valence-electron chi connectivity index (χ4n) is 2.41. The number of halogens is 1. The summed E-state index contributed by atoms with van der Waals surface area (Å²) in [6.07, 6.45) is 2.17. The van der Waals surface area contributed by atoms with Crippen LogP contribution in [0.2, 0.25) is 5.02 Å². The molecule has 0 aromatic heterocycles. The second-order valence-corrected chi connectivity index (χ2v) is 5.36. The van der Waals surface area contributed by atoms with E-state index in [1.54, 1.807) is 7.05 Å². The summed E-state index contributed by atoms with van der Waals surface area (Å²) in [7, 11) is 1.66. The molecular formula is C14H19ClN2O. The van der Waals surface area contributed by atoms with E-state index in [0.717, 1.165) is 17.9 Å². The molecule has 0 bridgehead atoms. The number of benzene rings is 1. The first-order valence-corrected chi connectivity index (χ1v) is 6.71. The van der Waals surface area contributed by atoms with E-state index in [1.807, 2.05) is 19.1 Å². The molecule has 1 aromatic rings. The summed E-state index contributed by atoms with van der Waals surface area (Å²) in [4.78, 5) is 11.4. The van der Waals surface area contributed by atoms with Crippen molar-refractivity contribution in [3.63, 3.8) is 0 Å². The molecule has 1 atom stereocenters. The number of rotatable bonds is 4. The highest BCUT2D eigenvalue weighted by molar-refractivity contribution is 6.30. The molecule has 0 heterocycles. The Hall–Kier alpha value is -1.06. The molecule has 0 radical (unpaired) electrons. The van der Waals surface area contributed by atoms with E-state index in [4.69, 9.17) is 11.6 Å². The normalized spacial score (nSPS) is 24.2. The molecule has 98 valence electrons. The molecule has 3 nitrogen and oxygen atoms in total. The minimum Gasteiger partial charge on any atom is -0.358 e. The number of nitrogens with one attached hydrogen (secondary N) is 2. The second-order valence-electron chi connectivity index (χ2n) is 4.92. The van der Waals surface area contributed by atoms with Gasteiger partial charge in [0.1, 0.15) is 0 Å². The Morgan fingerprint density at radius 3 is 2.50 bits per heavy atom. The predicted molar refractivity (Wildman–Crippen MR) is 73.9 cm³/mol. The fraction of sp³-hybridized carbons (Fsp3) is 0.500. The van der Waals surface area contributed by atoms with Crippen LogP contribution in [0.15, 0.2) is 24.3 Å². The van der Waals surface area contributed by atoms with E-state index in [9.17, 15) is 4.79 Å². The van der Waals surface area contributed by atoms with Gasteiger partial charge in [-0.05, 0) is 43.4 Å². The van der Waals surface area contributed by atoms with Crippen LogP contribution in [0.1, 0.15) is 31.2 Å². The van der Waals surface area contributed by atoms with Crippen LogP contribution in [0.25, 0.3) is 0 Å². The first-order chi connectivity index (χ1) is 8.60. The van der Waals surface area contributed by atoms with E-state index < -0.39 is 0 Å². The van der Waals surface area contributed by atoms with E-state index in [2.05, 4.69) is 22.8 Å². The van der Waals surface area contributed by atoms with Gasteiger partial charge < -0.3 is 10.6 Å². The van der Waals surface area contributed by atoms with Crippen molar-refractivity contribution in [2.75, 3.05) is 7.05 Å². The molecule has 0 saturated heterocycles. The first kappa shape index (κ1) is 13.4. The fourth-order valence-corrected chi connectivity index (χ4v) is 2.53. The number of carbonyl (C=O) groups is 1. The standard InChI is InChI=1S/C14H19ClN2O/c1-9(14(18)16-2)17-13-7-11(8-13)10-3-5-12(15)6-4-10/h3-6,9,11,13,17H,7-8H2,1-2H3,(H,16,18). The molecule has 1 aromatic carbocycles. The van der Waals surface area contributed by atoms with E-state index in [1.165, 1.54) is 5.56 Å². The lowest BCUT2D eigenvalue weighted by atomic mass is 9.75. The van der Waals surface area contributed by atoms with Crippen molar-refractivity contribution in [1.29, 1.82) is 0 Å². The molecular weight excluding hydrogens is 248 g/mol. The largest absolute Gasteiger partial charge is 0.358 e. The van der Waals surface area contributed by atoms with Gasteiger partial charge in [-0.1, -0.05) is 23.7 Å². The van der Waals surface area contributed by atoms with Crippen molar-refractivity contribution in [3.8, 4) is 0 Å². The maximum atomic E-state index is 11.4. The third-order valence-corrected chi connectivity index (χ3v) is 3.86. The lowest BCUT2D eigenvalue weighted by Gasteiger charge is -2.37. The Balaban J connectivity index is 1.80. The van der Waals surface area contributed by atoms with Crippen LogP contribution in [0.5, 0.6) is 0 Å². The smallest absolute Gasteiger partial charge is 0.236 e. The van der Waals surface area contributed by atoms with Gasteiger partial charge in [-0.2, -0.15) is 0 Å². The molecule has 0 spiro atoms. The Kier molecular flexibility index (Phi) is 4.25. The molecule has 2 rings (SSSR count). The van der Waals surface area contributed by atoms with E-state index in [-0.39, 0.29) is 11.9 Å². The van der Waals surface area contributed by atoms with Crippen LogP contribution < -0.4 is 10.6 Å².